The average Bonchev–Trinajstić information content (AvgIpc) is 3.33. The second-order valence-electron chi connectivity index (χ2n) is 19.9. The molecule has 0 amide bonds. The van der Waals surface area contributed by atoms with Crippen LogP contribution >= 0.6 is 12.4 Å². The van der Waals surface area contributed by atoms with E-state index in [4.69, 9.17) is 18.9 Å². The molecule has 8 rings (SSSR count). The molecule has 4 aromatic carbocycles. The molecule has 0 aromatic heterocycles. The molecule has 2 saturated heterocycles. The van der Waals surface area contributed by atoms with Gasteiger partial charge in [0.05, 0.1) is 25.4 Å². The van der Waals surface area contributed by atoms with Gasteiger partial charge < -0.3 is 24.3 Å². The number of ether oxygens (including phenoxy) is 4. The second-order valence-corrected chi connectivity index (χ2v) is 19.9. The van der Waals surface area contributed by atoms with Crippen molar-refractivity contribution in [3.8, 4) is 11.5 Å². The average molecular weight is 1040 g/mol. The lowest BCUT2D eigenvalue weighted by Gasteiger charge is -2.33. The van der Waals surface area contributed by atoms with E-state index in [2.05, 4.69) is 24.1 Å². The minimum Gasteiger partial charge on any atom is -0.490 e. The Morgan fingerprint density at radius 3 is 1.65 bits per heavy atom. The minimum atomic E-state index is -4.59. The van der Waals surface area contributed by atoms with Gasteiger partial charge in [-0.2, -0.15) is 26.3 Å². The summed E-state index contributed by atoms with van der Waals surface area (Å²) in [6.07, 6.45) is 3.04. The first-order valence-electron chi connectivity index (χ1n) is 25.7. The molecule has 2 saturated carbocycles. The van der Waals surface area contributed by atoms with Gasteiger partial charge in [-0.3, -0.25) is 19.3 Å². The highest BCUT2D eigenvalue weighted by Crippen LogP contribution is 2.45. The number of carbonyl (C=O) groups is 3. The van der Waals surface area contributed by atoms with Gasteiger partial charge in [0.15, 0.2) is 6.29 Å². The summed E-state index contributed by atoms with van der Waals surface area (Å²) >= 11 is 0. The predicted octanol–water partition coefficient (Wildman–Crippen LogP) is 14.0. The maximum absolute atomic E-state index is 14.5. The van der Waals surface area contributed by atoms with Crippen LogP contribution in [0, 0.1) is 23.7 Å². The number of alkyl halides is 6. The quantitative estimate of drug-likeness (QED) is 0.0796. The van der Waals surface area contributed by atoms with Gasteiger partial charge >= 0.3 is 24.3 Å². The summed E-state index contributed by atoms with van der Waals surface area (Å²) in [5.74, 6) is 1.35. The van der Waals surface area contributed by atoms with Crippen LogP contribution in [-0.4, -0.2) is 74.7 Å². The number of rotatable bonds is 13. The van der Waals surface area contributed by atoms with Crippen LogP contribution in [0.3, 0.4) is 0 Å². The van der Waals surface area contributed by atoms with Crippen molar-refractivity contribution in [2.24, 2.45) is 23.7 Å². The molecular formula is C56H73ClF6N2O7. The van der Waals surface area contributed by atoms with Crippen LogP contribution in [0.4, 0.5) is 26.3 Å². The summed E-state index contributed by atoms with van der Waals surface area (Å²) < 4.78 is 106. The van der Waals surface area contributed by atoms with Gasteiger partial charge in [-0.25, -0.2) is 0 Å². The van der Waals surface area contributed by atoms with E-state index in [1.165, 1.54) is 24.6 Å². The van der Waals surface area contributed by atoms with E-state index < -0.39 is 23.5 Å². The van der Waals surface area contributed by atoms with Crippen LogP contribution in [0.5, 0.6) is 11.5 Å². The van der Waals surface area contributed by atoms with Crippen molar-refractivity contribution in [1.82, 2.24) is 10.2 Å². The van der Waals surface area contributed by atoms with Crippen molar-refractivity contribution in [3.63, 3.8) is 0 Å². The lowest BCUT2D eigenvalue weighted by Crippen LogP contribution is -2.36. The van der Waals surface area contributed by atoms with Crippen molar-refractivity contribution in [2.75, 3.05) is 39.4 Å². The molecule has 1 N–H and O–H groups in total. The number of aldehydes is 1. The number of carbonyl (C=O) groups excluding carboxylic acids is 3. The number of piperidine rings is 2. The molecule has 0 radical (unpaired) electrons. The number of nitrogens with zero attached hydrogens (tertiary/aromatic N) is 1. The highest BCUT2D eigenvalue weighted by molar-refractivity contribution is 6.01. The Kier molecular flexibility index (Phi) is 22.4. The van der Waals surface area contributed by atoms with Crippen LogP contribution in [-0.2, 0) is 38.0 Å². The standard InChI is InChI=1S/C28H36F3NO3.C19H19F3O2.C9H17NO2.ClH/c1-3-34-25(33)16-20-6-5-15-32(17-20)18-22-8-4-7-21-11-14-24(27(26(21)22)28(29,30)31)35-23-12-9-19(2)10-13-23;1-12-5-8-15(9-6-12)24-16-10-7-13-3-2-4-14(11-23)17(13)18(16)19(20,21)22;1-2-12-9(11)6-8-4-3-5-10-7-8;/h4,7-8,11,14,19-20,23H,3,5-6,9-10,12-13,15-18H2,1-2H3;2-4,7,10-12,15H,5-6,8-9H2,1H3;8,10H,2-7H2,1H3;1H/t19?,20-,23?;;8-;/m1.1./s1. The summed E-state index contributed by atoms with van der Waals surface area (Å²) in [5, 5.41) is 4.38. The lowest BCUT2D eigenvalue weighted by atomic mass is 9.89. The summed E-state index contributed by atoms with van der Waals surface area (Å²) in [4.78, 5) is 36.4. The summed E-state index contributed by atoms with van der Waals surface area (Å²) in [6.45, 7) is 12.8. The normalized spacial score (nSPS) is 22.8. The Morgan fingerprint density at radius 2 is 1.15 bits per heavy atom. The first-order chi connectivity index (χ1) is 34.0. The molecule has 72 heavy (non-hydrogen) atoms. The Bertz CT molecular complexity index is 2360. The van der Waals surface area contributed by atoms with Crippen molar-refractivity contribution in [1.29, 1.82) is 0 Å². The summed E-state index contributed by atoms with van der Waals surface area (Å²) in [5.41, 5.74) is -0.831. The fourth-order valence-corrected chi connectivity index (χ4v) is 10.6. The molecular weight excluding hydrogens is 962 g/mol. The first-order valence-corrected chi connectivity index (χ1v) is 25.7. The second kappa shape index (κ2) is 27.6. The van der Waals surface area contributed by atoms with Gasteiger partial charge in [-0.15, -0.1) is 12.4 Å². The van der Waals surface area contributed by atoms with E-state index in [9.17, 15) is 40.7 Å². The van der Waals surface area contributed by atoms with Crippen LogP contribution < -0.4 is 14.8 Å². The Balaban J connectivity index is 0.000000224. The maximum atomic E-state index is 14.5. The first kappa shape index (κ1) is 58.3. The van der Waals surface area contributed by atoms with Gasteiger partial charge in [0.1, 0.15) is 22.6 Å². The largest absolute Gasteiger partial charge is 0.490 e. The highest BCUT2D eigenvalue weighted by atomic mass is 35.5. The van der Waals surface area contributed by atoms with Crippen LogP contribution in [0.1, 0.15) is 145 Å². The van der Waals surface area contributed by atoms with E-state index in [0.717, 1.165) is 90.3 Å². The molecule has 16 heteroatoms. The summed E-state index contributed by atoms with van der Waals surface area (Å²) in [6, 6.07) is 16.1. The van der Waals surface area contributed by atoms with Crippen molar-refractivity contribution in [2.45, 2.75) is 149 Å². The lowest BCUT2D eigenvalue weighted by molar-refractivity contribution is -0.145. The molecule has 4 fully saturated rings. The van der Waals surface area contributed by atoms with Crippen LogP contribution in [0.2, 0.25) is 0 Å². The molecule has 9 nitrogen and oxygen atoms in total. The fourth-order valence-electron chi connectivity index (χ4n) is 10.6. The van der Waals surface area contributed by atoms with Gasteiger partial charge in [-0.1, -0.05) is 62.4 Å². The zero-order valence-electron chi connectivity index (χ0n) is 42.1. The number of benzene rings is 4. The number of halogens is 7. The van der Waals surface area contributed by atoms with Gasteiger partial charge in [0.2, 0.25) is 0 Å². The third-order valence-electron chi connectivity index (χ3n) is 14.3. The van der Waals surface area contributed by atoms with E-state index >= 15 is 0 Å². The third kappa shape index (κ3) is 16.7. The number of hydrogen-bond acceptors (Lipinski definition) is 9. The molecule has 0 spiro atoms. The highest BCUT2D eigenvalue weighted by Gasteiger charge is 2.40. The van der Waals surface area contributed by atoms with Gasteiger partial charge in [0.25, 0.3) is 0 Å². The summed E-state index contributed by atoms with van der Waals surface area (Å²) in [7, 11) is 0. The molecule has 4 aromatic rings. The Labute approximate surface area is 426 Å². The van der Waals surface area contributed by atoms with E-state index in [0.29, 0.717) is 79.5 Å². The molecule has 0 unspecified atom stereocenters. The van der Waals surface area contributed by atoms with Crippen molar-refractivity contribution >= 4 is 52.2 Å². The zero-order valence-corrected chi connectivity index (χ0v) is 43.0. The predicted molar refractivity (Wildman–Crippen MR) is 271 cm³/mol. The monoisotopic (exact) mass is 1030 g/mol. The topological polar surface area (TPSA) is 103 Å². The van der Waals surface area contributed by atoms with E-state index in [-0.39, 0.29) is 70.3 Å². The van der Waals surface area contributed by atoms with E-state index in [1.807, 2.05) is 13.0 Å². The molecule has 398 valence electrons. The molecule has 4 aliphatic rings. The van der Waals surface area contributed by atoms with Crippen molar-refractivity contribution in [3.05, 3.63) is 82.9 Å². The smallest absolute Gasteiger partial charge is 0.420 e. The molecule has 0 bridgehead atoms. The SMILES string of the molecule is CC1CCC(Oc2ccc3cccc(C=O)c3c2C(F)(F)F)CC1.CCOC(=O)C[C@H]1CCCN(Cc2cccc3ccc(OC4CCC(C)CC4)c(C(F)(F)F)c23)C1.CCOC(=O)C[C@H]1CCCNC1.Cl. The van der Waals surface area contributed by atoms with E-state index in [1.54, 1.807) is 43.3 Å². The zero-order chi connectivity index (χ0) is 51.1. The minimum absolute atomic E-state index is 0. The van der Waals surface area contributed by atoms with Crippen molar-refractivity contribution < 1.29 is 59.7 Å². The number of esters is 2. The number of likely N-dealkylation sites (tertiary alicyclic amines) is 1. The number of hydrogen-bond donors (Lipinski definition) is 1. The molecule has 2 aliphatic carbocycles. The Hall–Kier alpha value is -4.60. The number of nitrogens with one attached hydrogen (secondary N) is 1. The molecule has 2 atom stereocenters. The maximum Gasteiger partial charge on any atom is 0.420 e. The number of fused-ring (bicyclic) bond motifs is 2. The third-order valence-corrected chi connectivity index (χ3v) is 14.3. The van der Waals surface area contributed by atoms with Gasteiger partial charge in [0, 0.05) is 42.3 Å². The fraction of sp³-hybridized carbons (Fsp3) is 0.589. The Morgan fingerprint density at radius 1 is 0.653 bits per heavy atom. The molecule has 2 aliphatic heterocycles. The van der Waals surface area contributed by atoms with Crippen LogP contribution in [0.15, 0.2) is 60.7 Å². The molecule has 2 heterocycles. The van der Waals surface area contributed by atoms with Crippen LogP contribution in [0.25, 0.3) is 21.5 Å². The van der Waals surface area contributed by atoms with Gasteiger partial charge in [-0.05, 0) is 163 Å².